The Morgan fingerprint density at radius 1 is 1.00 bits per heavy atom. The Morgan fingerprint density at radius 2 is 1.50 bits per heavy atom. The van der Waals surface area contributed by atoms with Gasteiger partial charge in [-0.1, -0.05) is 38.0 Å². The summed E-state index contributed by atoms with van der Waals surface area (Å²) in [5, 5.41) is 13.7. The van der Waals surface area contributed by atoms with E-state index in [0.717, 1.165) is 5.70 Å². The molecule has 1 fully saturated rings. The molecule has 0 saturated carbocycles. The van der Waals surface area contributed by atoms with Crippen LogP contribution in [0.15, 0.2) is 85.1 Å². The van der Waals surface area contributed by atoms with Gasteiger partial charge in [-0.15, -0.1) is 0 Å². The minimum absolute atomic E-state index is 0.191. The second kappa shape index (κ2) is 7.09. The quantitative estimate of drug-likeness (QED) is 0.424. The van der Waals surface area contributed by atoms with Crippen LogP contribution in [-0.2, 0) is 0 Å². The van der Waals surface area contributed by atoms with Crippen molar-refractivity contribution in [3.05, 3.63) is 85.1 Å². The maximum Gasteiger partial charge on any atom is 0.136 e. The molecule has 0 aromatic heterocycles. The van der Waals surface area contributed by atoms with Gasteiger partial charge in [0.15, 0.2) is 0 Å². The Hall–Kier alpha value is -2.62. The summed E-state index contributed by atoms with van der Waals surface area (Å²) in [5.41, 5.74) is 8.05. The molecule has 0 spiro atoms. The van der Waals surface area contributed by atoms with E-state index in [1.54, 1.807) is 43.4 Å². The number of rotatable bonds is 7. The number of aliphatic hydroxyl groups is 1. The average molecular weight is 271 g/mol. The third-order valence-corrected chi connectivity index (χ3v) is 2.71. The number of hydrazine groups is 1. The second-order valence-corrected chi connectivity index (χ2v) is 4.05. The first-order valence-corrected chi connectivity index (χ1v) is 6.25. The van der Waals surface area contributed by atoms with E-state index in [-0.39, 0.29) is 5.76 Å². The van der Waals surface area contributed by atoms with Crippen molar-refractivity contribution >= 4 is 0 Å². The lowest BCUT2D eigenvalue weighted by Crippen LogP contribution is -2.14. The highest BCUT2D eigenvalue weighted by Crippen LogP contribution is 2.32. The summed E-state index contributed by atoms with van der Waals surface area (Å²) in [6.07, 6.45) is 11.8. The SMILES string of the molecule is C=C/C=C(N)\C(=C/C=C)N1CN1C(=C/C=C)/C(O)=C\C. The van der Waals surface area contributed by atoms with Crippen LogP contribution in [0.5, 0.6) is 0 Å². The molecule has 0 unspecified atom stereocenters. The van der Waals surface area contributed by atoms with Gasteiger partial charge < -0.3 is 10.8 Å². The number of nitrogens with zero attached hydrogens (tertiary/aromatic N) is 2. The molecule has 1 rings (SSSR count). The molecule has 1 aliphatic heterocycles. The Bertz CT molecular complexity index is 524. The first-order chi connectivity index (χ1) is 9.60. The van der Waals surface area contributed by atoms with E-state index in [9.17, 15) is 5.11 Å². The van der Waals surface area contributed by atoms with E-state index in [4.69, 9.17) is 5.73 Å². The van der Waals surface area contributed by atoms with Crippen LogP contribution in [0.25, 0.3) is 0 Å². The number of aliphatic hydroxyl groups excluding tert-OH is 1. The van der Waals surface area contributed by atoms with Gasteiger partial charge in [-0.3, -0.25) is 10.0 Å². The van der Waals surface area contributed by atoms with Crippen molar-refractivity contribution in [2.45, 2.75) is 6.92 Å². The van der Waals surface area contributed by atoms with Crippen LogP contribution in [0.1, 0.15) is 6.92 Å². The normalized spacial score (nSPS) is 17.1. The molecule has 0 radical (unpaired) electrons. The van der Waals surface area contributed by atoms with Gasteiger partial charge in [0.05, 0.1) is 11.4 Å². The summed E-state index contributed by atoms with van der Waals surface area (Å²) in [6, 6.07) is 0. The van der Waals surface area contributed by atoms with E-state index in [0.29, 0.717) is 18.1 Å². The van der Waals surface area contributed by atoms with Crippen LogP contribution in [0.3, 0.4) is 0 Å². The highest BCUT2D eigenvalue weighted by atomic mass is 16.3. The smallest absolute Gasteiger partial charge is 0.136 e. The van der Waals surface area contributed by atoms with Gasteiger partial charge in [0.25, 0.3) is 0 Å². The molecule has 0 aromatic rings. The molecular formula is C16H21N3O. The van der Waals surface area contributed by atoms with Gasteiger partial charge in [0.1, 0.15) is 18.1 Å². The minimum atomic E-state index is 0.191. The molecule has 1 aliphatic rings. The molecule has 0 aliphatic carbocycles. The molecule has 0 atom stereocenters. The molecular weight excluding hydrogens is 250 g/mol. The molecule has 0 amide bonds. The first-order valence-electron chi connectivity index (χ1n) is 6.25. The fourth-order valence-corrected chi connectivity index (χ4v) is 1.73. The van der Waals surface area contributed by atoms with Crippen LogP contribution in [0.2, 0.25) is 0 Å². The fraction of sp³-hybridized carbons (Fsp3) is 0.125. The van der Waals surface area contributed by atoms with Gasteiger partial charge in [0.2, 0.25) is 0 Å². The van der Waals surface area contributed by atoms with Crippen molar-refractivity contribution in [2.24, 2.45) is 5.73 Å². The summed E-state index contributed by atoms with van der Waals surface area (Å²) >= 11 is 0. The van der Waals surface area contributed by atoms with E-state index in [1.807, 2.05) is 16.1 Å². The van der Waals surface area contributed by atoms with E-state index < -0.39 is 0 Å². The molecule has 0 bridgehead atoms. The molecule has 1 saturated heterocycles. The number of allylic oxidation sites excluding steroid dienone is 7. The molecule has 1 heterocycles. The standard InChI is InChI=1S/C16H21N3O/c1-5-9-13(17)14(10-6-2)18-12-19(18)15(11-7-3)16(20)8-4/h5-11,20H,1-3,12,17H2,4H3/b13-9+,14-10+,15-11+,16-8+. The van der Waals surface area contributed by atoms with Crippen LogP contribution in [0.4, 0.5) is 0 Å². The molecule has 4 heteroatoms. The van der Waals surface area contributed by atoms with Crippen LogP contribution < -0.4 is 5.73 Å². The zero-order chi connectivity index (χ0) is 15.1. The van der Waals surface area contributed by atoms with Gasteiger partial charge in [-0.05, 0) is 31.2 Å². The Kier molecular flexibility index (Phi) is 5.47. The lowest BCUT2D eigenvalue weighted by molar-refractivity contribution is 0.357. The van der Waals surface area contributed by atoms with Crippen molar-refractivity contribution in [1.29, 1.82) is 0 Å². The molecule has 4 nitrogen and oxygen atoms in total. The summed E-state index contributed by atoms with van der Waals surface area (Å²) in [4.78, 5) is 0. The predicted octanol–water partition coefficient (Wildman–Crippen LogP) is 3.11. The maximum absolute atomic E-state index is 9.91. The minimum Gasteiger partial charge on any atom is -0.506 e. The summed E-state index contributed by atoms with van der Waals surface area (Å²) in [6.45, 7) is 13.4. The van der Waals surface area contributed by atoms with Crippen molar-refractivity contribution in [3.8, 4) is 0 Å². The third-order valence-electron chi connectivity index (χ3n) is 2.71. The lowest BCUT2D eigenvalue weighted by atomic mass is 10.3. The topological polar surface area (TPSA) is 52.3 Å². The maximum atomic E-state index is 9.91. The van der Waals surface area contributed by atoms with Crippen LogP contribution >= 0.6 is 0 Å². The summed E-state index contributed by atoms with van der Waals surface area (Å²) in [7, 11) is 0. The largest absolute Gasteiger partial charge is 0.506 e. The van der Waals surface area contributed by atoms with Crippen molar-refractivity contribution in [1.82, 2.24) is 10.0 Å². The highest BCUT2D eigenvalue weighted by Gasteiger charge is 2.36. The van der Waals surface area contributed by atoms with E-state index in [2.05, 4.69) is 19.7 Å². The van der Waals surface area contributed by atoms with Crippen molar-refractivity contribution in [2.75, 3.05) is 6.67 Å². The van der Waals surface area contributed by atoms with Crippen LogP contribution in [-0.4, -0.2) is 21.8 Å². The van der Waals surface area contributed by atoms with E-state index >= 15 is 0 Å². The van der Waals surface area contributed by atoms with Crippen LogP contribution in [0, 0.1) is 0 Å². The third kappa shape index (κ3) is 3.45. The first kappa shape index (κ1) is 15.4. The van der Waals surface area contributed by atoms with Gasteiger partial charge in [-0.25, -0.2) is 0 Å². The highest BCUT2D eigenvalue weighted by molar-refractivity contribution is 5.37. The van der Waals surface area contributed by atoms with Gasteiger partial charge in [0, 0.05) is 0 Å². The molecule has 0 aromatic carbocycles. The van der Waals surface area contributed by atoms with Gasteiger partial charge in [-0.2, -0.15) is 0 Å². The lowest BCUT2D eigenvalue weighted by Gasteiger charge is -2.13. The summed E-state index contributed by atoms with van der Waals surface area (Å²) in [5.74, 6) is 0.191. The Balaban J connectivity index is 3.02. The van der Waals surface area contributed by atoms with Gasteiger partial charge >= 0.3 is 0 Å². The molecule has 3 N–H and O–H groups in total. The number of hydrogen-bond donors (Lipinski definition) is 2. The summed E-state index contributed by atoms with van der Waals surface area (Å²) < 4.78 is 0. The Labute approximate surface area is 120 Å². The number of nitrogens with two attached hydrogens (primary N) is 1. The second-order valence-electron chi connectivity index (χ2n) is 4.05. The van der Waals surface area contributed by atoms with E-state index in [1.165, 1.54) is 0 Å². The zero-order valence-corrected chi connectivity index (χ0v) is 11.8. The predicted molar refractivity (Wildman–Crippen MR) is 84.0 cm³/mol. The fourth-order valence-electron chi connectivity index (χ4n) is 1.73. The molecule has 106 valence electrons. The number of hydrogen-bond acceptors (Lipinski definition) is 4. The van der Waals surface area contributed by atoms with Crippen molar-refractivity contribution in [3.63, 3.8) is 0 Å². The zero-order valence-electron chi connectivity index (χ0n) is 11.8. The Morgan fingerprint density at radius 3 is 2.00 bits per heavy atom. The van der Waals surface area contributed by atoms with Crippen molar-refractivity contribution < 1.29 is 5.11 Å². The average Bonchev–Trinajstić information content (AvgIpc) is 3.21. The molecule has 20 heavy (non-hydrogen) atoms. The monoisotopic (exact) mass is 271 g/mol.